The van der Waals surface area contributed by atoms with E-state index in [0.717, 1.165) is 5.56 Å². The third kappa shape index (κ3) is 2.98. The summed E-state index contributed by atoms with van der Waals surface area (Å²) in [6.45, 7) is 7.42. The summed E-state index contributed by atoms with van der Waals surface area (Å²) < 4.78 is 26.2. The summed E-state index contributed by atoms with van der Waals surface area (Å²) in [5.41, 5.74) is 1.71. The third-order valence-corrected chi connectivity index (χ3v) is 4.20. The molecule has 0 aliphatic carbocycles. The number of nitrogens with one attached hydrogen (secondary N) is 1. The van der Waals surface area contributed by atoms with Gasteiger partial charge in [0.25, 0.3) is 0 Å². The minimum absolute atomic E-state index is 0.297. The van der Waals surface area contributed by atoms with Gasteiger partial charge in [-0.05, 0) is 31.4 Å². The van der Waals surface area contributed by atoms with Gasteiger partial charge in [-0.15, -0.1) is 0 Å². The van der Waals surface area contributed by atoms with Gasteiger partial charge in [-0.3, -0.25) is 4.72 Å². The van der Waals surface area contributed by atoms with E-state index >= 15 is 0 Å². The molecule has 0 aromatic heterocycles. The van der Waals surface area contributed by atoms with Crippen LogP contribution < -0.4 is 4.72 Å². The molecule has 0 spiro atoms. The number of sulfonamides is 1. The van der Waals surface area contributed by atoms with Crippen LogP contribution in [0.2, 0.25) is 0 Å². The lowest BCUT2D eigenvalue weighted by molar-refractivity contribution is 0.592. The first-order chi connectivity index (χ1) is 7.34. The largest absolute Gasteiger partial charge is 0.283 e. The molecule has 16 heavy (non-hydrogen) atoms. The van der Waals surface area contributed by atoms with Gasteiger partial charge in [0.05, 0.1) is 10.9 Å². The predicted molar refractivity (Wildman–Crippen MR) is 68.2 cm³/mol. The second-order valence-corrected chi connectivity index (χ2v) is 6.67. The molecule has 0 radical (unpaired) electrons. The Kier molecular flexibility index (Phi) is 3.97. The number of anilines is 1. The summed E-state index contributed by atoms with van der Waals surface area (Å²) in [6.07, 6.45) is 0. The highest BCUT2D eigenvalue weighted by molar-refractivity contribution is 7.93. The van der Waals surface area contributed by atoms with Gasteiger partial charge in [-0.2, -0.15) is 0 Å². The number of hydrogen-bond acceptors (Lipinski definition) is 2. The quantitative estimate of drug-likeness (QED) is 0.881. The topological polar surface area (TPSA) is 46.2 Å². The Hall–Kier alpha value is -1.03. The van der Waals surface area contributed by atoms with Gasteiger partial charge in [-0.1, -0.05) is 32.0 Å². The molecule has 0 atom stereocenters. The van der Waals surface area contributed by atoms with Gasteiger partial charge in [-0.25, -0.2) is 8.42 Å². The van der Waals surface area contributed by atoms with Crippen LogP contribution in [0.3, 0.4) is 0 Å². The van der Waals surface area contributed by atoms with Crippen LogP contribution in [0.25, 0.3) is 0 Å². The Morgan fingerprint density at radius 1 is 1.06 bits per heavy atom. The van der Waals surface area contributed by atoms with E-state index in [1.54, 1.807) is 19.9 Å². The normalized spacial score (nSPS) is 12.1. The lowest BCUT2D eigenvalue weighted by Gasteiger charge is -2.16. The molecule has 1 aromatic carbocycles. The molecule has 0 bridgehead atoms. The fourth-order valence-electron chi connectivity index (χ4n) is 1.36. The zero-order chi connectivity index (χ0) is 12.3. The molecule has 0 unspecified atom stereocenters. The summed E-state index contributed by atoms with van der Waals surface area (Å²) >= 11 is 0. The zero-order valence-corrected chi connectivity index (χ0v) is 11.0. The molecule has 1 aromatic rings. The molecule has 90 valence electrons. The van der Waals surface area contributed by atoms with Crippen molar-refractivity contribution >= 4 is 15.7 Å². The van der Waals surface area contributed by atoms with Crippen molar-refractivity contribution in [3.63, 3.8) is 0 Å². The van der Waals surface area contributed by atoms with Crippen molar-refractivity contribution in [2.75, 3.05) is 4.72 Å². The van der Waals surface area contributed by atoms with E-state index in [-0.39, 0.29) is 0 Å². The summed E-state index contributed by atoms with van der Waals surface area (Å²) in [7, 11) is -3.26. The molecule has 1 N–H and O–H groups in total. The Labute approximate surface area is 97.9 Å². The van der Waals surface area contributed by atoms with Crippen LogP contribution >= 0.6 is 0 Å². The monoisotopic (exact) mass is 241 g/mol. The molecule has 4 heteroatoms. The first-order valence-corrected chi connectivity index (χ1v) is 6.99. The highest BCUT2D eigenvalue weighted by Gasteiger charge is 2.17. The highest BCUT2D eigenvalue weighted by Crippen LogP contribution is 2.25. The van der Waals surface area contributed by atoms with Crippen LogP contribution in [0.4, 0.5) is 5.69 Å². The molecule has 0 saturated carbocycles. The van der Waals surface area contributed by atoms with Crippen LogP contribution in [-0.2, 0) is 10.0 Å². The van der Waals surface area contributed by atoms with Crippen molar-refractivity contribution in [2.45, 2.75) is 38.9 Å². The van der Waals surface area contributed by atoms with Crippen molar-refractivity contribution in [2.24, 2.45) is 0 Å². The fourth-order valence-corrected chi connectivity index (χ4v) is 2.09. The molecule has 0 saturated heterocycles. The smallest absolute Gasteiger partial charge is 0.235 e. The van der Waals surface area contributed by atoms with Gasteiger partial charge < -0.3 is 0 Å². The maximum absolute atomic E-state index is 11.8. The molecule has 0 amide bonds. The molecule has 3 nitrogen and oxygen atoms in total. The summed E-state index contributed by atoms with van der Waals surface area (Å²) in [6, 6.07) is 7.50. The Morgan fingerprint density at radius 3 is 2.12 bits per heavy atom. The zero-order valence-electron chi connectivity index (χ0n) is 10.2. The molecular weight excluding hydrogens is 222 g/mol. The fraction of sp³-hybridized carbons (Fsp3) is 0.500. The molecular formula is C12H19NO2S. The van der Waals surface area contributed by atoms with Gasteiger partial charge in [0.15, 0.2) is 0 Å². The second kappa shape index (κ2) is 4.87. The van der Waals surface area contributed by atoms with Gasteiger partial charge in [0, 0.05) is 0 Å². The predicted octanol–water partition coefficient (Wildman–Crippen LogP) is 2.96. The molecule has 0 aliphatic rings. The minimum atomic E-state index is -3.26. The van der Waals surface area contributed by atoms with Crippen molar-refractivity contribution in [1.29, 1.82) is 0 Å². The summed E-state index contributed by atoms with van der Waals surface area (Å²) in [4.78, 5) is 0. The Morgan fingerprint density at radius 2 is 1.62 bits per heavy atom. The molecule has 1 rings (SSSR count). The maximum atomic E-state index is 11.8. The van der Waals surface area contributed by atoms with Crippen LogP contribution in [0, 0.1) is 0 Å². The average Bonchev–Trinajstić information content (AvgIpc) is 2.17. The van der Waals surface area contributed by atoms with Gasteiger partial charge in [0.2, 0.25) is 10.0 Å². The number of rotatable bonds is 4. The number of hydrogen-bond donors (Lipinski definition) is 1. The summed E-state index contributed by atoms with van der Waals surface area (Å²) in [5, 5.41) is -0.423. The Bertz CT molecular complexity index is 450. The van der Waals surface area contributed by atoms with E-state index < -0.39 is 15.3 Å². The van der Waals surface area contributed by atoms with E-state index in [2.05, 4.69) is 4.72 Å². The lowest BCUT2D eigenvalue weighted by atomic mass is 10.0. The van der Waals surface area contributed by atoms with Crippen molar-refractivity contribution in [3.05, 3.63) is 29.8 Å². The van der Waals surface area contributed by atoms with Crippen LogP contribution in [0.15, 0.2) is 24.3 Å². The van der Waals surface area contributed by atoms with Crippen LogP contribution in [-0.4, -0.2) is 13.7 Å². The maximum Gasteiger partial charge on any atom is 0.235 e. The van der Waals surface area contributed by atoms with Crippen LogP contribution in [0.5, 0.6) is 0 Å². The molecule has 0 aliphatic heterocycles. The van der Waals surface area contributed by atoms with Crippen molar-refractivity contribution in [3.8, 4) is 0 Å². The van der Waals surface area contributed by atoms with E-state index in [4.69, 9.17) is 0 Å². The van der Waals surface area contributed by atoms with E-state index in [9.17, 15) is 8.42 Å². The van der Waals surface area contributed by atoms with Crippen LogP contribution in [0.1, 0.15) is 39.2 Å². The van der Waals surface area contributed by atoms with E-state index in [1.807, 2.05) is 32.0 Å². The Balaban J connectivity index is 3.07. The summed E-state index contributed by atoms with van der Waals surface area (Å²) in [5.74, 6) is 0.297. The lowest BCUT2D eigenvalue weighted by Crippen LogP contribution is -2.23. The van der Waals surface area contributed by atoms with E-state index in [0.29, 0.717) is 11.6 Å². The highest BCUT2D eigenvalue weighted by atomic mass is 32.2. The first-order valence-electron chi connectivity index (χ1n) is 5.45. The SMILES string of the molecule is CC(C)c1ccccc1NS(=O)(=O)C(C)C. The standard InChI is InChI=1S/C12H19NO2S/c1-9(2)11-7-5-6-8-12(11)13-16(14,15)10(3)4/h5-10,13H,1-4H3. The average molecular weight is 241 g/mol. The number of para-hydroxylation sites is 1. The van der Waals surface area contributed by atoms with Crippen molar-refractivity contribution in [1.82, 2.24) is 0 Å². The van der Waals surface area contributed by atoms with Gasteiger partial charge in [0.1, 0.15) is 0 Å². The van der Waals surface area contributed by atoms with Gasteiger partial charge >= 0.3 is 0 Å². The number of benzene rings is 1. The second-order valence-electron chi connectivity index (χ2n) is 4.44. The molecule has 0 fully saturated rings. The minimum Gasteiger partial charge on any atom is -0.283 e. The molecule has 0 heterocycles. The third-order valence-electron chi connectivity index (χ3n) is 2.46. The van der Waals surface area contributed by atoms with Crippen molar-refractivity contribution < 1.29 is 8.42 Å². The van der Waals surface area contributed by atoms with E-state index in [1.165, 1.54) is 0 Å². The first kappa shape index (κ1) is 13.0.